The normalized spacial score (nSPS) is 10.5. The number of para-hydroxylation sites is 1. The Morgan fingerprint density at radius 3 is 1.90 bits per heavy atom. The van der Waals surface area contributed by atoms with Gasteiger partial charge in [-0.1, -0.05) is 18.2 Å². The van der Waals surface area contributed by atoms with Crippen LogP contribution in [0.15, 0.2) is 60.1 Å². The van der Waals surface area contributed by atoms with Gasteiger partial charge in [0, 0.05) is 38.9 Å². The molecular formula is C15H15N5. The molecule has 0 fully saturated rings. The maximum atomic E-state index is 4.72. The van der Waals surface area contributed by atoms with Crippen LogP contribution in [0, 0.1) is 0 Å². The average Bonchev–Trinajstić information content (AvgIpc) is 3.06. The zero-order valence-electron chi connectivity index (χ0n) is 11.4. The van der Waals surface area contributed by atoms with Crippen molar-refractivity contribution in [2.45, 2.75) is 0 Å². The highest BCUT2D eigenvalue weighted by molar-refractivity contribution is 6.09. The molecule has 20 heavy (non-hydrogen) atoms. The van der Waals surface area contributed by atoms with E-state index in [2.05, 4.69) is 9.97 Å². The molecule has 0 N–H and O–H groups in total. The van der Waals surface area contributed by atoms with Gasteiger partial charge in [-0.3, -0.25) is 0 Å². The summed E-state index contributed by atoms with van der Waals surface area (Å²) in [6.07, 6.45) is 7.33. The third kappa shape index (κ3) is 2.25. The van der Waals surface area contributed by atoms with E-state index in [9.17, 15) is 0 Å². The molecule has 0 bridgehead atoms. The standard InChI is InChI=1S/C15H15N5/c1-19-10-8-16-14(19)13(15-17-9-11-20(15)2)18-12-6-4-3-5-7-12/h3-11H,1-2H3. The molecule has 100 valence electrons. The molecule has 0 aliphatic rings. The topological polar surface area (TPSA) is 48.0 Å². The second-order valence-electron chi connectivity index (χ2n) is 4.52. The quantitative estimate of drug-likeness (QED) is 0.682. The first-order valence-corrected chi connectivity index (χ1v) is 6.35. The summed E-state index contributed by atoms with van der Waals surface area (Å²) in [6.45, 7) is 0. The zero-order valence-corrected chi connectivity index (χ0v) is 11.4. The van der Waals surface area contributed by atoms with Crippen molar-refractivity contribution in [2.24, 2.45) is 19.1 Å². The van der Waals surface area contributed by atoms with Gasteiger partial charge in [0.25, 0.3) is 0 Å². The summed E-state index contributed by atoms with van der Waals surface area (Å²) in [6, 6.07) is 9.83. The lowest BCUT2D eigenvalue weighted by molar-refractivity contribution is 0.870. The van der Waals surface area contributed by atoms with Crippen LogP contribution in [0.3, 0.4) is 0 Å². The van der Waals surface area contributed by atoms with Gasteiger partial charge in [0.05, 0.1) is 5.69 Å². The summed E-state index contributed by atoms with van der Waals surface area (Å²) < 4.78 is 3.88. The number of benzene rings is 1. The molecule has 5 heteroatoms. The van der Waals surface area contributed by atoms with Crippen LogP contribution in [-0.2, 0) is 14.1 Å². The van der Waals surface area contributed by atoms with Crippen molar-refractivity contribution in [3.05, 3.63) is 66.8 Å². The number of hydrogen-bond donors (Lipinski definition) is 0. The minimum Gasteiger partial charge on any atom is -0.333 e. The largest absolute Gasteiger partial charge is 0.333 e. The molecule has 0 atom stereocenters. The van der Waals surface area contributed by atoms with Gasteiger partial charge in [0.1, 0.15) is 5.71 Å². The van der Waals surface area contributed by atoms with Crippen LogP contribution < -0.4 is 0 Å². The highest BCUT2D eigenvalue weighted by Gasteiger charge is 2.16. The second-order valence-corrected chi connectivity index (χ2v) is 4.52. The molecule has 2 aromatic heterocycles. The van der Waals surface area contributed by atoms with Crippen molar-refractivity contribution < 1.29 is 0 Å². The van der Waals surface area contributed by atoms with Crippen molar-refractivity contribution in [1.29, 1.82) is 0 Å². The fraction of sp³-hybridized carbons (Fsp3) is 0.133. The van der Waals surface area contributed by atoms with Crippen LogP contribution in [0.5, 0.6) is 0 Å². The van der Waals surface area contributed by atoms with Gasteiger partial charge in [0.2, 0.25) is 0 Å². The monoisotopic (exact) mass is 265 g/mol. The highest BCUT2D eigenvalue weighted by atomic mass is 15.1. The van der Waals surface area contributed by atoms with Crippen LogP contribution >= 0.6 is 0 Å². The van der Waals surface area contributed by atoms with Crippen molar-refractivity contribution in [3.63, 3.8) is 0 Å². The number of rotatable bonds is 3. The summed E-state index contributed by atoms with van der Waals surface area (Å²) in [5.74, 6) is 1.59. The molecule has 0 unspecified atom stereocenters. The smallest absolute Gasteiger partial charge is 0.162 e. The predicted octanol–water partition coefficient (Wildman–Crippen LogP) is 2.32. The maximum Gasteiger partial charge on any atom is 0.162 e. The zero-order chi connectivity index (χ0) is 13.9. The van der Waals surface area contributed by atoms with Crippen LogP contribution in [0.1, 0.15) is 11.6 Å². The molecular weight excluding hydrogens is 250 g/mol. The predicted molar refractivity (Wildman–Crippen MR) is 78.2 cm³/mol. The van der Waals surface area contributed by atoms with Crippen molar-refractivity contribution in [1.82, 2.24) is 19.1 Å². The molecule has 0 amide bonds. The van der Waals surface area contributed by atoms with E-state index in [1.807, 2.05) is 66.0 Å². The highest BCUT2D eigenvalue weighted by Crippen LogP contribution is 2.15. The fourth-order valence-corrected chi connectivity index (χ4v) is 2.02. The number of imidazole rings is 2. The third-order valence-corrected chi connectivity index (χ3v) is 3.06. The van der Waals surface area contributed by atoms with Crippen molar-refractivity contribution in [3.8, 4) is 0 Å². The summed E-state index contributed by atoms with van der Waals surface area (Å²) in [7, 11) is 3.90. The first kappa shape index (κ1) is 12.3. The van der Waals surface area contributed by atoms with E-state index in [1.165, 1.54) is 0 Å². The lowest BCUT2D eigenvalue weighted by Gasteiger charge is -2.07. The summed E-state index contributed by atoms with van der Waals surface area (Å²) >= 11 is 0. The fourth-order valence-electron chi connectivity index (χ4n) is 2.02. The number of aryl methyl sites for hydroxylation is 2. The van der Waals surface area contributed by atoms with Crippen molar-refractivity contribution >= 4 is 11.4 Å². The molecule has 0 aliphatic heterocycles. The number of hydrogen-bond acceptors (Lipinski definition) is 3. The van der Waals surface area contributed by atoms with Crippen LogP contribution in [0.2, 0.25) is 0 Å². The van der Waals surface area contributed by atoms with Crippen LogP contribution in [0.4, 0.5) is 5.69 Å². The SMILES string of the molecule is Cn1ccnc1C(=Nc1ccccc1)c1nccn1C. The Kier molecular flexibility index (Phi) is 3.16. The van der Waals surface area contributed by atoms with E-state index in [-0.39, 0.29) is 0 Å². The maximum absolute atomic E-state index is 4.72. The third-order valence-electron chi connectivity index (χ3n) is 3.06. The summed E-state index contributed by atoms with van der Waals surface area (Å²) in [4.78, 5) is 13.5. The molecule has 0 radical (unpaired) electrons. The molecule has 3 aromatic rings. The van der Waals surface area contributed by atoms with Crippen LogP contribution in [0.25, 0.3) is 0 Å². The molecule has 3 rings (SSSR count). The van der Waals surface area contributed by atoms with Gasteiger partial charge in [0.15, 0.2) is 11.6 Å². The lowest BCUT2D eigenvalue weighted by atomic mass is 10.3. The van der Waals surface area contributed by atoms with Gasteiger partial charge in [-0.05, 0) is 12.1 Å². The van der Waals surface area contributed by atoms with E-state index in [1.54, 1.807) is 12.4 Å². The van der Waals surface area contributed by atoms with Gasteiger partial charge in [-0.25, -0.2) is 15.0 Å². The Labute approximate surface area is 117 Å². The van der Waals surface area contributed by atoms with Gasteiger partial charge in [-0.15, -0.1) is 0 Å². The number of aliphatic imine (C=N–C) groups is 1. The van der Waals surface area contributed by atoms with E-state index >= 15 is 0 Å². The molecule has 0 saturated heterocycles. The van der Waals surface area contributed by atoms with Gasteiger partial charge < -0.3 is 9.13 Å². The molecule has 0 saturated carbocycles. The Morgan fingerprint density at radius 2 is 1.45 bits per heavy atom. The van der Waals surface area contributed by atoms with E-state index in [4.69, 9.17) is 4.99 Å². The van der Waals surface area contributed by atoms with E-state index in [0.29, 0.717) is 0 Å². The Balaban J connectivity index is 2.17. The molecule has 5 nitrogen and oxygen atoms in total. The number of aromatic nitrogens is 4. The first-order valence-electron chi connectivity index (χ1n) is 6.35. The lowest BCUT2D eigenvalue weighted by Crippen LogP contribution is -2.14. The average molecular weight is 265 g/mol. The molecule has 1 aromatic carbocycles. The molecule has 0 spiro atoms. The van der Waals surface area contributed by atoms with E-state index in [0.717, 1.165) is 23.0 Å². The molecule has 0 aliphatic carbocycles. The Bertz CT molecular complexity index is 694. The van der Waals surface area contributed by atoms with Gasteiger partial charge >= 0.3 is 0 Å². The summed E-state index contributed by atoms with van der Waals surface area (Å²) in [5, 5.41) is 0. The minimum absolute atomic E-state index is 0.760. The first-order chi connectivity index (χ1) is 9.75. The molecule has 2 heterocycles. The Hall–Kier alpha value is -2.69. The van der Waals surface area contributed by atoms with Gasteiger partial charge in [-0.2, -0.15) is 0 Å². The second kappa shape index (κ2) is 5.13. The van der Waals surface area contributed by atoms with Crippen LogP contribution in [-0.4, -0.2) is 24.8 Å². The number of nitrogens with zero attached hydrogens (tertiary/aromatic N) is 5. The van der Waals surface area contributed by atoms with E-state index < -0.39 is 0 Å². The van der Waals surface area contributed by atoms with Crippen molar-refractivity contribution in [2.75, 3.05) is 0 Å². The summed E-state index contributed by atoms with van der Waals surface area (Å²) in [5.41, 5.74) is 1.64. The minimum atomic E-state index is 0.760. The Morgan fingerprint density at radius 1 is 0.900 bits per heavy atom.